The van der Waals surface area contributed by atoms with E-state index in [2.05, 4.69) is 0 Å². The molecule has 2 bridgehead atoms. The molecule has 1 aromatic rings. The minimum Gasteiger partial charge on any atom is -0.469 e. The van der Waals surface area contributed by atoms with Gasteiger partial charge in [-0.05, 0) is 13.0 Å². The second kappa shape index (κ2) is 4.07. The van der Waals surface area contributed by atoms with Crippen LogP contribution in [0.1, 0.15) is 19.4 Å². The molecule has 0 spiro atoms. The first-order valence-corrected chi connectivity index (χ1v) is 6.99. The first-order chi connectivity index (χ1) is 9.81. The van der Waals surface area contributed by atoms with Crippen LogP contribution in [-0.4, -0.2) is 36.6 Å². The van der Waals surface area contributed by atoms with E-state index in [0.29, 0.717) is 5.56 Å². The van der Waals surface area contributed by atoms with Gasteiger partial charge in [-0.3, -0.25) is 9.59 Å². The number of ketones is 1. The number of fused-ring (bicyclic) bond motifs is 4. The van der Waals surface area contributed by atoms with Crippen molar-refractivity contribution in [2.75, 3.05) is 19.1 Å². The Hall–Kier alpha value is -1.88. The molecule has 1 aromatic carbocycles. The number of ether oxygens (including phenoxy) is 1. The van der Waals surface area contributed by atoms with Crippen LogP contribution < -0.4 is 4.90 Å². The van der Waals surface area contributed by atoms with Crippen molar-refractivity contribution in [2.24, 2.45) is 11.8 Å². The van der Waals surface area contributed by atoms with Gasteiger partial charge in [-0.2, -0.15) is 0 Å². The number of para-hydroxylation sites is 1. The van der Waals surface area contributed by atoms with Gasteiger partial charge in [0, 0.05) is 24.2 Å². The Balaban J connectivity index is 2.32. The summed E-state index contributed by atoms with van der Waals surface area (Å²) in [6.45, 7) is 3.45. The van der Waals surface area contributed by atoms with Gasteiger partial charge in [-0.1, -0.05) is 25.1 Å². The summed E-state index contributed by atoms with van der Waals surface area (Å²) in [7, 11) is 3.09. The first-order valence-electron chi connectivity index (χ1n) is 6.99. The quantitative estimate of drug-likeness (QED) is 0.784. The summed E-state index contributed by atoms with van der Waals surface area (Å²) < 4.78 is 4.89. The number of methoxy groups -OCH3 is 1. The van der Waals surface area contributed by atoms with Gasteiger partial charge in [0.2, 0.25) is 0 Å². The van der Waals surface area contributed by atoms with Crippen molar-refractivity contribution in [3.05, 3.63) is 29.8 Å². The molecule has 112 valence electrons. The molecule has 1 aliphatic heterocycles. The van der Waals surface area contributed by atoms with E-state index < -0.39 is 28.9 Å². The van der Waals surface area contributed by atoms with Crippen LogP contribution in [0.25, 0.3) is 0 Å². The number of likely N-dealkylation sites (N-methyl/N-ethyl adjacent to an activating group) is 1. The van der Waals surface area contributed by atoms with Crippen molar-refractivity contribution in [1.82, 2.24) is 0 Å². The predicted molar refractivity (Wildman–Crippen MR) is 76.8 cm³/mol. The first kappa shape index (κ1) is 14.1. The van der Waals surface area contributed by atoms with Gasteiger partial charge in [0.25, 0.3) is 0 Å². The minimum absolute atomic E-state index is 0.334. The molecule has 1 heterocycles. The maximum atomic E-state index is 12.9. The fourth-order valence-corrected chi connectivity index (χ4v) is 4.09. The number of nitrogens with zero attached hydrogens (tertiary/aromatic N) is 1. The molecule has 4 atom stereocenters. The molecule has 0 saturated heterocycles. The number of carbonyl (C=O) groups is 2. The summed E-state index contributed by atoms with van der Waals surface area (Å²) in [5.74, 6) is -2.06. The Kier molecular flexibility index (Phi) is 2.73. The van der Waals surface area contributed by atoms with E-state index in [-0.39, 0.29) is 5.78 Å². The molecule has 1 N–H and O–H groups in total. The van der Waals surface area contributed by atoms with Gasteiger partial charge >= 0.3 is 5.97 Å². The molecule has 0 radical (unpaired) electrons. The van der Waals surface area contributed by atoms with Crippen molar-refractivity contribution in [1.29, 1.82) is 0 Å². The molecule has 1 saturated carbocycles. The molecule has 1 aliphatic carbocycles. The maximum absolute atomic E-state index is 12.9. The average molecular weight is 289 g/mol. The number of hydrogen-bond donors (Lipinski definition) is 1. The second-order valence-electron chi connectivity index (χ2n) is 6.11. The number of hydrogen-bond acceptors (Lipinski definition) is 5. The monoisotopic (exact) mass is 289 g/mol. The molecule has 0 amide bonds. The molecular formula is C16H19NO4. The Labute approximate surface area is 123 Å². The lowest BCUT2D eigenvalue weighted by Gasteiger charge is -2.44. The minimum atomic E-state index is -1.64. The number of benzene rings is 1. The highest BCUT2D eigenvalue weighted by Gasteiger charge is 2.71. The fraction of sp³-hybridized carbons (Fsp3) is 0.500. The molecule has 0 unspecified atom stereocenters. The molecule has 0 aromatic heterocycles. The topological polar surface area (TPSA) is 66.8 Å². The molecule has 5 heteroatoms. The highest BCUT2D eigenvalue weighted by molar-refractivity contribution is 6.09. The zero-order chi connectivity index (χ0) is 15.6. The zero-order valence-electron chi connectivity index (χ0n) is 12.6. The van der Waals surface area contributed by atoms with Crippen LogP contribution in [0, 0.1) is 11.8 Å². The highest BCUT2D eigenvalue weighted by Crippen LogP contribution is 2.58. The van der Waals surface area contributed by atoms with Crippen molar-refractivity contribution >= 4 is 17.4 Å². The highest BCUT2D eigenvalue weighted by atomic mass is 16.5. The Bertz CT molecular complexity index is 643. The third kappa shape index (κ3) is 1.35. The summed E-state index contributed by atoms with van der Waals surface area (Å²) in [6.07, 6.45) is 0. The third-order valence-electron chi connectivity index (χ3n) is 5.40. The number of aliphatic hydroxyl groups is 1. The van der Waals surface area contributed by atoms with E-state index in [1.165, 1.54) is 7.11 Å². The molecule has 3 rings (SSSR count). The van der Waals surface area contributed by atoms with Crippen LogP contribution in [0.4, 0.5) is 5.69 Å². The van der Waals surface area contributed by atoms with Crippen molar-refractivity contribution in [3.63, 3.8) is 0 Å². The lowest BCUT2D eigenvalue weighted by atomic mass is 9.79. The van der Waals surface area contributed by atoms with E-state index in [4.69, 9.17) is 4.74 Å². The van der Waals surface area contributed by atoms with Crippen LogP contribution in [0.2, 0.25) is 0 Å². The number of anilines is 1. The zero-order valence-corrected chi connectivity index (χ0v) is 12.6. The molecule has 2 aliphatic rings. The normalized spacial score (nSPS) is 37.4. The van der Waals surface area contributed by atoms with Gasteiger partial charge in [0.1, 0.15) is 5.54 Å². The van der Waals surface area contributed by atoms with Crippen molar-refractivity contribution in [2.45, 2.75) is 25.0 Å². The van der Waals surface area contributed by atoms with Crippen LogP contribution in [0.15, 0.2) is 24.3 Å². The van der Waals surface area contributed by atoms with Crippen LogP contribution in [-0.2, 0) is 19.9 Å². The van der Waals surface area contributed by atoms with Gasteiger partial charge in [-0.25, -0.2) is 0 Å². The van der Waals surface area contributed by atoms with Gasteiger partial charge < -0.3 is 14.7 Å². The maximum Gasteiger partial charge on any atom is 0.311 e. The SMILES string of the molecule is COC(=O)[C@H]1[C@H](C)[C@]2(O)C(=O)[C@@]1(C)N(C)c1ccccc12. The van der Waals surface area contributed by atoms with Crippen LogP contribution in [0.3, 0.4) is 0 Å². The van der Waals surface area contributed by atoms with E-state index in [0.717, 1.165) is 5.69 Å². The van der Waals surface area contributed by atoms with Gasteiger partial charge in [-0.15, -0.1) is 0 Å². The van der Waals surface area contributed by atoms with E-state index in [9.17, 15) is 14.7 Å². The van der Waals surface area contributed by atoms with Crippen LogP contribution >= 0.6 is 0 Å². The number of Topliss-reactive ketones (excluding diaryl/α,β-unsaturated/α-hetero) is 1. The van der Waals surface area contributed by atoms with Gasteiger partial charge in [0.15, 0.2) is 11.4 Å². The largest absolute Gasteiger partial charge is 0.469 e. The second-order valence-corrected chi connectivity index (χ2v) is 6.11. The summed E-state index contributed by atoms with van der Waals surface area (Å²) in [4.78, 5) is 27.0. The summed E-state index contributed by atoms with van der Waals surface area (Å²) >= 11 is 0. The summed E-state index contributed by atoms with van der Waals surface area (Å²) in [5.41, 5.74) is -1.40. The van der Waals surface area contributed by atoms with E-state index >= 15 is 0 Å². The predicted octanol–water partition coefficient (Wildman–Crippen LogP) is 1.09. The van der Waals surface area contributed by atoms with Crippen LogP contribution in [0.5, 0.6) is 0 Å². The molecule has 21 heavy (non-hydrogen) atoms. The summed E-state index contributed by atoms with van der Waals surface area (Å²) in [5, 5.41) is 11.1. The molecule has 5 nitrogen and oxygen atoms in total. The average Bonchev–Trinajstić information content (AvgIpc) is 2.62. The lowest BCUT2D eigenvalue weighted by Crippen LogP contribution is -2.59. The molecular weight excluding hydrogens is 270 g/mol. The number of rotatable bonds is 1. The standard InChI is InChI=1S/C16H19NO4/c1-9-12(13(18)21-4)15(2)14(19)16(9,20)10-7-5-6-8-11(10)17(15)3/h5-9,12,20H,1-4H3/t9-,12+,15-,16+/m0/s1. The van der Waals surface area contributed by atoms with Crippen molar-refractivity contribution < 1.29 is 19.4 Å². The smallest absolute Gasteiger partial charge is 0.311 e. The number of esters is 1. The fourth-order valence-electron chi connectivity index (χ4n) is 4.09. The Morgan fingerprint density at radius 2 is 2.00 bits per heavy atom. The van der Waals surface area contributed by atoms with E-state index in [1.54, 1.807) is 37.9 Å². The lowest BCUT2D eigenvalue weighted by molar-refractivity contribution is -0.149. The Morgan fingerprint density at radius 1 is 1.38 bits per heavy atom. The Morgan fingerprint density at radius 3 is 2.62 bits per heavy atom. The molecule has 1 fully saturated rings. The van der Waals surface area contributed by atoms with E-state index in [1.807, 2.05) is 12.1 Å². The van der Waals surface area contributed by atoms with Gasteiger partial charge in [0.05, 0.1) is 13.0 Å². The summed E-state index contributed by atoms with van der Waals surface area (Å²) in [6, 6.07) is 7.25. The number of carbonyl (C=O) groups excluding carboxylic acids is 2. The van der Waals surface area contributed by atoms with Crippen molar-refractivity contribution in [3.8, 4) is 0 Å². The third-order valence-corrected chi connectivity index (χ3v) is 5.40.